The maximum absolute atomic E-state index is 12.8. The van der Waals surface area contributed by atoms with Gasteiger partial charge in [-0.1, -0.05) is 13.8 Å². The Balaban J connectivity index is 2.80. The highest BCUT2D eigenvalue weighted by molar-refractivity contribution is 5.94. The Hall–Kier alpha value is -2.73. The van der Waals surface area contributed by atoms with Crippen LogP contribution >= 0.6 is 0 Å². The second kappa shape index (κ2) is 11.5. The van der Waals surface area contributed by atoms with Crippen LogP contribution in [0.5, 0.6) is 0 Å². The summed E-state index contributed by atoms with van der Waals surface area (Å²) in [4.78, 5) is 60.6. The highest BCUT2D eigenvalue weighted by Crippen LogP contribution is 2.19. The number of aliphatic hydroxyl groups is 1. The second-order valence-electron chi connectivity index (χ2n) is 7.54. The number of hydrogen-bond donors (Lipinski definition) is 6. The molecule has 1 saturated heterocycles. The van der Waals surface area contributed by atoms with Crippen LogP contribution in [0.15, 0.2) is 0 Å². The quantitative estimate of drug-likeness (QED) is 0.212. The number of rotatable bonds is 11. The van der Waals surface area contributed by atoms with Crippen molar-refractivity contribution in [1.82, 2.24) is 15.5 Å². The van der Waals surface area contributed by atoms with Crippen molar-refractivity contribution in [3.63, 3.8) is 0 Å². The van der Waals surface area contributed by atoms with Crippen molar-refractivity contribution in [2.75, 3.05) is 13.2 Å². The largest absolute Gasteiger partial charge is 0.481 e. The van der Waals surface area contributed by atoms with E-state index in [1.807, 2.05) is 0 Å². The first kappa shape index (κ1) is 25.3. The molecule has 1 rings (SSSR count). The van der Waals surface area contributed by atoms with Crippen LogP contribution < -0.4 is 16.4 Å². The molecule has 0 aromatic carbocycles. The Labute approximate surface area is 173 Å². The lowest BCUT2D eigenvalue weighted by Crippen LogP contribution is -2.58. The Bertz CT molecular complexity index is 669. The molecule has 3 amide bonds. The van der Waals surface area contributed by atoms with Gasteiger partial charge in [0.05, 0.1) is 12.6 Å². The average Bonchev–Trinajstić information content (AvgIpc) is 3.16. The zero-order valence-corrected chi connectivity index (χ0v) is 17.0. The smallest absolute Gasteiger partial charge is 0.326 e. The molecule has 170 valence electrons. The van der Waals surface area contributed by atoms with Crippen molar-refractivity contribution < 1.29 is 39.3 Å². The third kappa shape index (κ3) is 6.95. The monoisotopic (exact) mass is 430 g/mol. The number of aliphatic hydroxyl groups excluding tert-OH is 1. The van der Waals surface area contributed by atoms with Gasteiger partial charge in [-0.25, -0.2) is 4.79 Å². The van der Waals surface area contributed by atoms with Crippen molar-refractivity contribution >= 4 is 29.7 Å². The van der Waals surface area contributed by atoms with Crippen LogP contribution in [0.2, 0.25) is 0 Å². The molecule has 1 aliphatic rings. The van der Waals surface area contributed by atoms with E-state index in [0.29, 0.717) is 12.8 Å². The fraction of sp³-hybridized carbons (Fsp3) is 0.722. The number of hydrogen-bond acceptors (Lipinski definition) is 7. The van der Waals surface area contributed by atoms with E-state index in [0.717, 1.165) is 0 Å². The number of likely N-dealkylation sites (tertiary alicyclic amines) is 1. The van der Waals surface area contributed by atoms with Crippen molar-refractivity contribution in [2.24, 2.45) is 11.7 Å². The van der Waals surface area contributed by atoms with E-state index in [-0.39, 0.29) is 25.3 Å². The van der Waals surface area contributed by atoms with Gasteiger partial charge in [0.1, 0.15) is 18.1 Å². The number of amides is 3. The van der Waals surface area contributed by atoms with Gasteiger partial charge >= 0.3 is 11.9 Å². The standard InChI is InChI=1S/C18H30N4O8/c1-9(2)14(18(29)30)21-16(27)12-4-3-7-22(12)17(28)11(8-23)20-15(26)10(19)5-6-13(24)25/h9-12,14,23H,3-8,19H2,1-2H3,(H,20,26)(H,21,27)(H,24,25)(H,29,30). The third-order valence-corrected chi connectivity index (χ3v) is 4.87. The fourth-order valence-electron chi connectivity index (χ4n) is 3.14. The first-order chi connectivity index (χ1) is 14.0. The molecule has 0 aromatic heterocycles. The van der Waals surface area contributed by atoms with Crippen LogP contribution in [-0.4, -0.2) is 87.2 Å². The summed E-state index contributed by atoms with van der Waals surface area (Å²) in [5.41, 5.74) is 5.61. The molecular weight excluding hydrogens is 400 g/mol. The minimum atomic E-state index is -1.36. The molecule has 12 heteroatoms. The van der Waals surface area contributed by atoms with Crippen molar-refractivity contribution in [1.29, 1.82) is 0 Å². The maximum atomic E-state index is 12.8. The number of carboxylic acid groups (broad SMARTS) is 2. The Kier molecular flexibility index (Phi) is 9.66. The van der Waals surface area contributed by atoms with Gasteiger partial charge in [-0.3, -0.25) is 19.2 Å². The predicted octanol–water partition coefficient (Wildman–Crippen LogP) is -2.13. The lowest BCUT2D eigenvalue weighted by atomic mass is 10.0. The summed E-state index contributed by atoms with van der Waals surface area (Å²) in [6, 6.07) is -4.58. The number of carbonyl (C=O) groups excluding carboxylic acids is 3. The summed E-state index contributed by atoms with van der Waals surface area (Å²) in [5.74, 6) is -4.80. The maximum Gasteiger partial charge on any atom is 0.326 e. The van der Waals surface area contributed by atoms with Crippen LogP contribution in [0, 0.1) is 5.92 Å². The molecule has 1 fully saturated rings. The first-order valence-electron chi connectivity index (χ1n) is 9.71. The molecule has 1 aliphatic heterocycles. The number of carbonyl (C=O) groups is 5. The summed E-state index contributed by atoms with van der Waals surface area (Å²) in [6.45, 7) is 2.74. The molecule has 12 nitrogen and oxygen atoms in total. The van der Waals surface area contributed by atoms with E-state index in [2.05, 4.69) is 10.6 Å². The molecule has 0 aromatic rings. The molecule has 0 bridgehead atoms. The molecule has 0 radical (unpaired) electrons. The van der Waals surface area contributed by atoms with Crippen LogP contribution in [0.4, 0.5) is 0 Å². The Morgan fingerprint density at radius 2 is 1.77 bits per heavy atom. The SMILES string of the molecule is CC(C)C(NC(=O)C1CCCN1C(=O)C(CO)NC(=O)C(N)CCC(=O)O)C(=O)O. The van der Waals surface area contributed by atoms with Crippen molar-refractivity contribution in [3.05, 3.63) is 0 Å². The minimum absolute atomic E-state index is 0.145. The van der Waals surface area contributed by atoms with Gasteiger partial charge in [0.15, 0.2) is 0 Å². The Morgan fingerprint density at radius 3 is 2.27 bits per heavy atom. The van der Waals surface area contributed by atoms with Gasteiger partial charge in [-0.05, 0) is 25.2 Å². The highest BCUT2D eigenvalue weighted by Gasteiger charge is 2.39. The average molecular weight is 430 g/mol. The van der Waals surface area contributed by atoms with E-state index < -0.39 is 60.4 Å². The number of nitrogens with zero attached hydrogens (tertiary/aromatic N) is 1. The van der Waals surface area contributed by atoms with Gasteiger partial charge in [-0.15, -0.1) is 0 Å². The number of carboxylic acids is 2. The summed E-state index contributed by atoms with van der Waals surface area (Å²) in [6.07, 6.45) is 0.328. The van der Waals surface area contributed by atoms with Crippen LogP contribution in [0.3, 0.4) is 0 Å². The van der Waals surface area contributed by atoms with Gasteiger partial charge in [0.25, 0.3) is 0 Å². The van der Waals surface area contributed by atoms with E-state index >= 15 is 0 Å². The molecule has 1 heterocycles. The predicted molar refractivity (Wildman–Crippen MR) is 103 cm³/mol. The van der Waals surface area contributed by atoms with E-state index in [1.54, 1.807) is 13.8 Å². The zero-order valence-electron chi connectivity index (χ0n) is 17.0. The molecule has 30 heavy (non-hydrogen) atoms. The summed E-state index contributed by atoms with van der Waals surface area (Å²) in [5, 5.41) is 32.1. The second-order valence-corrected chi connectivity index (χ2v) is 7.54. The highest BCUT2D eigenvalue weighted by atomic mass is 16.4. The Morgan fingerprint density at radius 1 is 1.13 bits per heavy atom. The zero-order chi connectivity index (χ0) is 23.0. The van der Waals surface area contributed by atoms with Gasteiger partial charge < -0.3 is 36.6 Å². The molecular formula is C18H30N4O8. The summed E-state index contributed by atoms with van der Waals surface area (Å²) in [7, 11) is 0. The van der Waals surface area contributed by atoms with Gasteiger partial charge in [-0.2, -0.15) is 0 Å². The van der Waals surface area contributed by atoms with Crippen molar-refractivity contribution in [3.8, 4) is 0 Å². The van der Waals surface area contributed by atoms with Gasteiger partial charge in [0.2, 0.25) is 17.7 Å². The lowest BCUT2D eigenvalue weighted by Gasteiger charge is -2.29. The molecule has 0 saturated carbocycles. The topological polar surface area (TPSA) is 199 Å². The molecule has 4 atom stereocenters. The van der Waals surface area contributed by atoms with Crippen LogP contribution in [0.1, 0.15) is 39.5 Å². The van der Waals surface area contributed by atoms with Crippen LogP contribution in [-0.2, 0) is 24.0 Å². The van der Waals surface area contributed by atoms with E-state index in [1.165, 1.54) is 4.90 Å². The molecule has 4 unspecified atom stereocenters. The molecule has 0 aliphatic carbocycles. The third-order valence-electron chi connectivity index (χ3n) is 4.87. The van der Waals surface area contributed by atoms with E-state index in [4.69, 9.17) is 10.8 Å². The minimum Gasteiger partial charge on any atom is -0.481 e. The first-order valence-corrected chi connectivity index (χ1v) is 9.71. The lowest BCUT2D eigenvalue weighted by molar-refractivity contribution is -0.146. The molecule has 0 spiro atoms. The number of nitrogens with two attached hydrogens (primary N) is 1. The molecule has 7 N–H and O–H groups in total. The fourth-order valence-corrected chi connectivity index (χ4v) is 3.14. The number of aliphatic carboxylic acids is 2. The number of nitrogens with one attached hydrogen (secondary N) is 2. The normalized spacial score (nSPS) is 19.1. The summed E-state index contributed by atoms with van der Waals surface area (Å²) >= 11 is 0. The summed E-state index contributed by atoms with van der Waals surface area (Å²) < 4.78 is 0. The van der Waals surface area contributed by atoms with Gasteiger partial charge in [0, 0.05) is 13.0 Å². The van der Waals surface area contributed by atoms with Crippen LogP contribution in [0.25, 0.3) is 0 Å². The van der Waals surface area contributed by atoms with Crippen molar-refractivity contribution in [2.45, 2.75) is 63.7 Å². The van der Waals surface area contributed by atoms with E-state index in [9.17, 15) is 34.2 Å².